The summed E-state index contributed by atoms with van der Waals surface area (Å²) in [6.07, 6.45) is 66.7. The average molecular weight is 875 g/mol. The molecule has 0 saturated carbocycles. The number of carbonyl (C=O) groups is 3. The molecule has 0 heterocycles. The van der Waals surface area contributed by atoms with Crippen LogP contribution in [0.25, 0.3) is 0 Å². The van der Waals surface area contributed by atoms with Crippen molar-refractivity contribution in [2.75, 3.05) is 13.2 Å². The zero-order valence-corrected chi connectivity index (χ0v) is 40.8. The highest BCUT2D eigenvalue weighted by atomic mass is 16.6. The van der Waals surface area contributed by atoms with Crippen LogP contribution in [0.5, 0.6) is 0 Å². The van der Waals surface area contributed by atoms with Crippen LogP contribution < -0.4 is 0 Å². The van der Waals surface area contributed by atoms with Gasteiger partial charge in [-0.15, -0.1) is 0 Å². The van der Waals surface area contributed by atoms with Gasteiger partial charge in [0, 0.05) is 19.3 Å². The molecule has 6 nitrogen and oxygen atoms in total. The van der Waals surface area contributed by atoms with Crippen LogP contribution in [0.2, 0.25) is 0 Å². The van der Waals surface area contributed by atoms with E-state index in [1.807, 2.05) is 0 Å². The molecule has 0 N–H and O–H groups in total. The normalized spacial score (nSPS) is 12.9. The Morgan fingerprint density at radius 1 is 0.333 bits per heavy atom. The van der Waals surface area contributed by atoms with E-state index in [0.29, 0.717) is 19.3 Å². The van der Waals surface area contributed by atoms with Crippen molar-refractivity contribution in [3.63, 3.8) is 0 Å². The molecule has 0 aliphatic rings. The Balaban J connectivity index is 4.51. The first kappa shape index (κ1) is 59.3. The van der Waals surface area contributed by atoms with Crippen molar-refractivity contribution in [1.82, 2.24) is 0 Å². The molecule has 0 radical (unpaired) electrons. The lowest BCUT2D eigenvalue weighted by atomic mass is 10.1. The molecule has 0 amide bonds. The van der Waals surface area contributed by atoms with Gasteiger partial charge < -0.3 is 14.2 Å². The topological polar surface area (TPSA) is 78.9 Å². The molecule has 0 rings (SSSR count). The van der Waals surface area contributed by atoms with Crippen molar-refractivity contribution in [1.29, 1.82) is 0 Å². The zero-order chi connectivity index (χ0) is 45.8. The molecule has 0 unspecified atom stereocenters. The first-order chi connectivity index (χ1) is 31.0. The summed E-state index contributed by atoms with van der Waals surface area (Å²) in [6.45, 7) is 6.41. The minimum atomic E-state index is -0.808. The van der Waals surface area contributed by atoms with E-state index in [2.05, 4.69) is 118 Å². The molecule has 0 aliphatic heterocycles. The van der Waals surface area contributed by atoms with Crippen LogP contribution in [0, 0.1) is 0 Å². The lowest BCUT2D eigenvalue weighted by molar-refractivity contribution is -0.167. The van der Waals surface area contributed by atoms with E-state index in [9.17, 15) is 14.4 Å². The number of esters is 3. The third-order valence-corrected chi connectivity index (χ3v) is 10.5. The standard InChI is InChI=1S/C57H94O6/c1-4-7-10-13-16-19-22-25-27-28-30-33-35-38-41-44-47-50-56(59)62-53-54(63-57(60)51-48-45-42-39-36-31-24-21-18-15-12-9-6-3)52-61-55(58)49-46-43-40-37-34-32-29-26-23-20-17-14-11-8-5-2/h7,10,16-17,19-21,24-27,29-30,33-34,37,54H,4-6,8-9,11-15,18,22-23,28,31-32,35-36,38-53H2,1-3H3/b10-7-,19-16-,20-17-,24-21-,27-25-,29-26-,33-30-,37-34-/t54-/m0/s1. The van der Waals surface area contributed by atoms with Crippen LogP contribution >= 0.6 is 0 Å². The SMILES string of the molecule is CC/C=C\C/C=C\C/C=C\C/C=C\CCCCCCC(=O)OC[C@H](COC(=O)CCCC/C=C\C/C=C\C/C=C\CCCCC)OC(=O)CCCCCCC/C=C\CCCCCC. The Morgan fingerprint density at radius 2 is 0.619 bits per heavy atom. The van der Waals surface area contributed by atoms with E-state index in [4.69, 9.17) is 14.2 Å². The van der Waals surface area contributed by atoms with Gasteiger partial charge in [-0.25, -0.2) is 0 Å². The summed E-state index contributed by atoms with van der Waals surface area (Å²) >= 11 is 0. The third kappa shape index (κ3) is 49.2. The molecule has 0 spiro atoms. The number of unbranched alkanes of at least 4 members (excludes halogenated alkanes) is 18. The molecule has 0 aliphatic carbocycles. The third-order valence-electron chi connectivity index (χ3n) is 10.5. The van der Waals surface area contributed by atoms with Crippen LogP contribution in [0.1, 0.15) is 226 Å². The van der Waals surface area contributed by atoms with Crippen molar-refractivity contribution in [3.8, 4) is 0 Å². The summed E-state index contributed by atoms with van der Waals surface area (Å²) in [5, 5.41) is 0. The molecule has 0 aromatic heterocycles. The zero-order valence-electron chi connectivity index (χ0n) is 40.8. The van der Waals surface area contributed by atoms with Gasteiger partial charge in [-0.1, -0.05) is 182 Å². The smallest absolute Gasteiger partial charge is 0.306 e. The molecule has 0 fully saturated rings. The summed E-state index contributed by atoms with van der Waals surface area (Å²) in [6, 6.07) is 0. The fourth-order valence-corrected chi connectivity index (χ4v) is 6.67. The van der Waals surface area contributed by atoms with Crippen molar-refractivity contribution in [3.05, 3.63) is 97.2 Å². The number of carbonyl (C=O) groups excluding carboxylic acids is 3. The largest absolute Gasteiger partial charge is 0.462 e. The van der Waals surface area contributed by atoms with Gasteiger partial charge in [0.05, 0.1) is 0 Å². The van der Waals surface area contributed by atoms with Gasteiger partial charge in [0.1, 0.15) is 13.2 Å². The van der Waals surface area contributed by atoms with Crippen LogP contribution in [0.15, 0.2) is 97.2 Å². The molecule has 0 aromatic carbocycles. The Kier molecular flexibility index (Phi) is 48.0. The molecular weight excluding hydrogens is 781 g/mol. The Hall–Kier alpha value is -3.67. The molecule has 358 valence electrons. The van der Waals surface area contributed by atoms with Crippen molar-refractivity contribution in [2.45, 2.75) is 232 Å². The van der Waals surface area contributed by atoms with Crippen LogP contribution in [-0.2, 0) is 28.6 Å². The monoisotopic (exact) mass is 875 g/mol. The quantitative estimate of drug-likeness (QED) is 0.0262. The van der Waals surface area contributed by atoms with E-state index in [-0.39, 0.29) is 31.1 Å². The van der Waals surface area contributed by atoms with E-state index in [1.54, 1.807) is 0 Å². The Bertz CT molecular complexity index is 1280. The lowest BCUT2D eigenvalue weighted by Crippen LogP contribution is -2.30. The van der Waals surface area contributed by atoms with E-state index in [0.717, 1.165) is 122 Å². The minimum Gasteiger partial charge on any atom is -0.462 e. The molecule has 0 saturated heterocycles. The van der Waals surface area contributed by atoms with Crippen LogP contribution in [0.4, 0.5) is 0 Å². The second-order valence-corrected chi connectivity index (χ2v) is 16.7. The summed E-state index contributed by atoms with van der Waals surface area (Å²) in [5.41, 5.74) is 0. The number of allylic oxidation sites excluding steroid dienone is 16. The van der Waals surface area contributed by atoms with E-state index in [1.165, 1.54) is 64.2 Å². The Labute approximate surface area is 387 Å². The van der Waals surface area contributed by atoms with Gasteiger partial charge in [0.25, 0.3) is 0 Å². The van der Waals surface area contributed by atoms with Gasteiger partial charge in [-0.3, -0.25) is 14.4 Å². The van der Waals surface area contributed by atoms with Gasteiger partial charge in [0.15, 0.2) is 6.10 Å². The van der Waals surface area contributed by atoms with E-state index < -0.39 is 6.10 Å². The number of ether oxygens (including phenoxy) is 3. The van der Waals surface area contributed by atoms with Crippen LogP contribution in [0.3, 0.4) is 0 Å². The molecule has 1 atom stereocenters. The summed E-state index contributed by atoms with van der Waals surface area (Å²) in [7, 11) is 0. The summed E-state index contributed by atoms with van der Waals surface area (Å²) in [5.74, 6) is -0.980. The second-order valence-electron chi connectivity index (χ2n) is 16.7. The van der Waals surface area contributed by atoms with Gasteiger partial charge in [-0.05, 0) is 122 Å². The maximum atomic E-state index is 12.8. The first-order valence-corrected chi connectivity index (χ1v) is 25.7. The highest BCUT2D eigenvalue weighted by Crippen LogP contribution is 2.12. The maximum absolute atomic E-state index is 12.8. The predicted octanol–water partition coefficient (Wildman–Crippen LogP) is 17.0. The first-order valence-electron chi connectivity index (χ1n) is 25.7. The van der Waals surface area contributed by atoms with Crippen molar-refractivity contribution in [2.24, 2.45) is 0 Å². The second kappa shape index (κ2) is 51.0. The summed E-state index contributed by atoms with van der Waals surface area (Å²) < 4.78 is 16.7. The fourth-order valence-electron chi connectivity index (χ4n) is 6.67. The molecule has 0 aromatic rings. The van der Waals surface area contributed by atoms with Gasteiger partial charge >= 0.3 is 17.9 Å². The Morgan fingerprint density at radius 3 is 1.05 bits per heavy atom. The molecular formula is C57H94O6. The van der Waals surface area contributed by atoms with E-state index >= 15 is 0 Å². The van der Waals surface area contributed by atoms with Crippen molar-refractivity contribution >= 4 is 17.9 Å². The fraction of sp³-hybridized carbons (Fsp3) is 0.667. The van der Waals surface area contributed by atoms with Crippen molar-refractivity contribution < 1.29 is 28.6 Å². The highest BCUT2D eigenvalue weighted by molar-refractivity contribution is 5.71. The lowest BCUT2D eigenvalue weighted by Gasteiger charge is -2.18. The molecule has 63 heavy (non-hydrogen) atoms. The molecule has 0 bridgehead atoms. The molecule has 6 heteroatoms. The summed E-state index contributed by atoms with van der Waals surface area (Å²) in [4.78, 5) is 38.0. The highest BCUT2D eigenvalue weighted by Gasteiger charge is 2.19. The number of hydrogen-bond donors (Lipinski definition) is 0. The van der Waals surface area contributed by atoms with Gasteiger partial charge in [-0.2, -0.15) is 0 Å². The average Bonchev–Trinajstić information content (AvgIpc) is 3.28. The minimum absolute atomic E-state index is 0.107. The van der Waals surface area contributed by atoms with Gasteiger partial charge in [0.2, 0.25) is 0 Å². The number of hydrogen-bond acceptors (Lipinski definition) is 6. The maximum Gasteiger partial charge on any atom is 0.306 e. The van der Waals surface area contributed by atoms with Crippen LogP contribution in [-0.4, -0.2) is 37.2 Å². The number of rotatable bonds is 45. The predicted molar refractivity (Wildman–Crippen MR) is 270 cm³/mol.